The first-order valence-corrected chi connectivity index (χ1v) is 5.88. The van der Waals surface area contributed by atoms with Crippen LogP contribution in [0.2, 0.25) is 0 Å². The molecule has 0 saturated heterocycles. The molecule has 1 heterocycles. The minimum Gasteiger partial charge on any atom is -0.378 e. The van der Waals surface area contributed by atoms with Crippen molar-refractivity contribution in [3.63, 3.8) is 0 Å². The number of anilines is 1. The first-order chi connectivity index (χ1) is 8.58. The van der Waals surface area contributed by atoms with Crippen LogP contribution in [0.25, 0.3) is 0 Å². The predicted molar refractivity (Wildman–Crippen MR) is 70.3 cm³/mol. The van der Waals surface area contributed by atoms with Crippen LogP contribution in [0.15, 0.2) is 36.4 Å². The van der Waals surface area contributed by atoms with Crippen molar-refractivity contribution < 1.29 is 9.59 Å². The van der Waals surface area contributed by atoms with Crippen LogP contribution in [0, 0.1) is 0 Å². The Labute approximate surface area is 106 Å². The third-order valence-electron chi connectivity index (χ3n) is 2.98. The van der Waals surface area contributed by atoms with Gasteiger partial charge in [0.05, 0.1) is 0 Å². The molecule has 0 radical (unpaired) electrons. The number of nitrogens with zero attached hydrogens (tertiary/aromatic N) is 2. The number of imide groups is 1. The molecule has 0 aliphatic carbocycles. The van der Waals surface area contributed by atoms with Gasteiger partial charge in [0.2, 0.25) is 0 Å². The van der Waals surface area contributed by atoms with Crippen LogP contribution in [0.4, 0.5) is 5.69 Å². The summed E-state index contributed by atoms with van der Waals surface area (Å²) in [5.41, 5.74) is 2.25. The maximum atomic E-state index is 11.4. The highest BCUT2D eigenvalue weighted by atomic mass is 16.2. The summed E-state index contributed by atoms with van der Waals surface area (Å²) in [6.07, 6.45) is 3.32. The molecular formula is C14H16N2O2. The molecular weight excluding hydrogens is 228 g/mol. The third kappa shape index (κ3) is 2.59. The molecule has 18 heavy (non-hydrogen) atoms. The lowest BCUT2D eigenvalue weighted by atomic mass is 10.1. The largest absolute Gasteiger partial charge is 0.378 e. The monoisotopic (exact) mass is 244 g/mol. The van der Waals surface area contributed by atoms with Gasteiger partial charge in [-0.05, 0) is 24.1 Å². The summed E-state index contributed by atoms with van der Waals surface area (Å²) in [5, 5.41) is 0. The Morgan fingerprint density at radius 1 is 1.00 bits per heavy atom. The van der Waals surface area contributed by atoms with E-state index in [4.69, 9.17) is 0 Å². The van der Waals surface area contributed by atoms with E-state index < -0.39 is 0 Å². The zero-order valence-corrected chi connectivity index (χ0v) is 10.6. The highest BCUT2D eigenvalue weighted by molar-refractivity contribution is 6.12. The molecule has 0 bridgehead atoms. The van der Waals surface area contributed by atoms with Crippen molar-refractivity contribution in [1.29, 1.82) is 0 Å². The maximum Gasteiger partial charge on any atom is 0.253 e. The van der Waals surface area contributed by atoms with Crippen molar-refractivity contribution in [3.8, 4) is 0 Å². The van der Waals surface area contributed by atoms with E-state index in [9.17, 15) is 9.59 Å². The molecule has 1 aromatic carbocycles. The number of benzene rings is 1. The van der Waals surface area contributed by atoms with Gasteiger partial charge in [-0.3, -0.25) is 14.5 Å². The van der Waals surface area contributed by atoms with Crippen LogP contribution < -0.4 is 4.90 Å². The van der Waals surface area contributed by atoms with Crippen molar-refractivity contribution >= 4 is 17.5 Å². The van der Waals surface area contributed by atoms with Crippen LogP contribution in [-0.4, -0.2) is 37.4 Å². The Morgan fingerprint density at radius 3 is 2.06 bits per heavy atom. The van der Waals surface area contributed by atoms with Gasteiger partial charge in [0, 0.05) is 38.5 Å². The van der Waals surface area contributed by atoms with Crippen LogP contribution in [0.5, 0.6) is 0 Å². The molecule has 94 valence electrons. The van der Waals surface area contributed by atoms with Gasteiger partial charge in [-0.2, -0.15) is 0 Å². The summed E-state index contributed by atoms with van der Waals surface area (Å²) >= 11 is 0. The van der Waals surface area contributed by atoms with E-state index in [0.29, 0.717) is 13.0 Å². The summed E-state index contributed by atoms with van der Waals surface area (Å²) in [5.74, 6) is -0.435. The van der Waals surface area contributed by atoms with E-state index >= 15 is 0 Å². The van der Waals surface area contributed by atoms with Gasteiger partial charge in [0.25, 0.3) is 11.8 Å². The van der Waals surface area contributed by atoms with Gasteiger partial charge < -0.3 is 4.90 Å². The van der Waals surface area contributed by atoms with Gasteiger partial charge in [-0.15, -0.1) is 0 Å². The summed E-state index contributed by atoms with van der Waals surface area (Å²) in [7, 11) is 3.98. The Kier molecular flexibility index (Phi) is 3.46. The SMILES string of the molecule is CN(C)c1ccc(CCN2C(=O)C=CC2=O)cc1. The van der Waals surface area contributed by atoms with Crippen molar-refractivity contribution in [3.05, 3.63) is 42.0 Å². The average molecular weight is 244 g/mol. The Bertz CT molecular complexity index is 471. The van der Waals surface area contributed by atoms with E-state index in [2.05, 4.69) is 0 Å². The fourth-order valence-corrected chi connectivity index (χ4v) is 1.85. The predicted octanol–water partition coefficient (Wildman–Crippen LogP) is 1.22. The highest BCUT2D eigenvalue weighted by Crippen LogP contribution is 2.13. The molecule has 4 nitrogen and oxygen atoms in total. The molecule has 0 atom stereocenters. The van der Waals surface area contributed by atoms with Crippen LogP contribution >= 0.6 is 0 Å². The topological polar surface area (TPSA) is 40.6 Å². The molecule has 0 aromatic heterocycles. The number of hydrogen-bond donors (Lipinski definition) is 0. The summed E-state index contributed by atoms with van der Waals surface area (Å²) < 4.78 is 0. The molecule has 4 heteroatoms. The molecule has 1 aromatic rings. The van der Waals surface area contributed by atoms with E-state index in [1.165, 1.54) is 17.1 Å². The number of carbonyl (C=O) groups excluding carboxylic acids is 2. The molecule has 2 rings (SSSR count). The molecule has 1 aliphatic heterocycles. The van der Waals surface area contributed by atoms with E-state index in [-0.39, 0.29) is 11.8 Å². The first kappa shape index (κ1) is 12.4. The second-order valence-electron chi connectivity index (χ2n) is 4.47. The van der Waals surface area contributed by atoms with Crippen molar-refractivity contribution in [1.82, 2.24) is 4.90 Å². The minimum atomic E-state index is -0.218. The van der Waals surface area contributed by atoms with Gasteiger partial charge in [0.15, 0.2) is 0 Å². The normalized spacial score (nSPS) is 14.4. The number of carbonyl (C=O) groups is 2. The van der Waals surface area contributed by atoms with Crippen LogP contribution in [-0.2, 0) is 16.0 Å². The summed E-state index contributed by atoms with van der Waals surface area (Å²) in [4.78, 5) is 26.0. The molecule has 0 unspecified atom stereocenters. The Hall–Kier alpha value is -2.10. The molecule has 0 spiro atoms. The standard InChI is InChI=1S/C14H16N2O2/c1-15(2)12-5-3-11(4-6-12)9-10-16-13(17)7-8-14(16)18/h3-8H,9-10H2,1-2H3. The minimum absolute atomic E-state index is 0.218. The third-order valence-corrected chi connectivity index (χ3v) is 2.98. The zero-order valence-electron chi connectivity index (χ0n) is 10.6. The number of amides is 2. The van der Waals surface area contributed by atoms with E-state index in [0.717, 1.165) is 11.3 Å². The van der Waals surface area contributed by atoms with E-state index in [1.54, 1.807) is 0 Å². The van der Waals surface area contributed by atoms with E-state index in [1.807, 2.05) is 43.3 Å². The first-order valence-electron chi connectivity index (χ1n) is 5.88. The van der Waals surface area contributed by atoms with Gasteiger partial charge in [-0.1, -0.05) is 12.1 Å². The smallest absolute Gasteiger partial charge is 0.253 e. The fourth-order valence-electron chi connectivity index (χ4n) is 1.85. The second kappa shape index (κ2) is 5.04. The van der Waals surface area contributed by atoms with Crippen molar-refractivity contribution in [2.45, 2.75) is 6.42 Å². The molecule has 0 saturated carbocycles. The summed E-state index contributed by atoms with van der Waals surface area (Å²) in [6, 6.07) is 8.10. The molecule has 0 fully saturated rings. The Balaban J connectivity index is 1.94. The lowest BCUT2D eigenvalue weighted by Gasteiger charge is -2.15. The molecule has 0 N–H and O–H groups in total. The van der Waals surface area contributed by atoms with Crippen molar-refractivity contribution in [2.24, 2.45) is 0 Å². The maximum absolute atomic E-state index is 11.4. The second-order valence-corrected chi connectivity index (χ2v) is 4.47. The Morgan fingerprint density at radius 2 is 1.56 bits per heavy atom. The molecule has 1 aliphatic rings. The van der Waals surface area contributed by atoms with Gasteiger partial charge in [-0.25, -0.2) is 0 Å². The zero-order chi connectivity index (χ0) is 13.1. The average Bonchev–Trinajstić information content (AvgIpc) is 2.67. The quantitative estimate of drug-likeness (QED) is 0.748. The highest BCUT2D eigenvalue weighted by Gasteiger charge is 2.22. The van der Waals surface area contributed by atoms with Crippen molar-refractivity contribution in [2.75, 3.05) is 25.5 Å². The fraction of sp³-hybridized carbons (Fsp3) is 0.286. The van der Waals surface area contributed by atoms with Gasteiger partial charge in [0.1, 0.15) is 0 Å². The lowest BCUT2D eigenvalue weighted by Crippen LogP contribution is -2.31. The number of rotatable bonds is 4. The summed E-state index contributed by atoms with van der Waals surface area (Å²) in [6.45, 7) is 0.436. The van der Waals surface area contributed by atoms with Gasteiger partial charge >= 0.3 is 0 Å². The lowest BCUT2D eigenvalue weighted by molar-refractivity contribution is -0.136. The molecule has 2 amide bonds. The van der Waals surface area contributed by atoms with Crippen LogP contribution in [0.3, 0.4) is 0 Å². The van der Waals surface area contributed by atoms with Crippen LogP contribution in [0.1, 0.15) is 5.56 Å². The number of hydrogen-bond acceptors (Lipinski definition) is 3.